The number of carbonyl (C=O) groups excluding carboxylic acids is 1. The van der Waals surface area contributed by atoms with Gasteiger partial charge >= 0.3 is 0 Å². The van der Waals surface area contributed by atoms with Crippen molar-refractivity contribution >= 4 is 15.7 Å². The van der Waals surface area contributed by atoms with Gasteiger partial charge in [-0.15, -0.1) is 0 Å². The zero-order valence-corrected chi connectivity index (χ0v) is 13.4. The molecule has 1 atom stereocenters. The molecule has 1 unspecified atom stereocenters. The number of aliphatic hydroxyl groups excluding tert-OH is 1. The molecule has 1 aromatic rings. The Morgan fingerprint density at radius 1 is 1.36 bits per heavy atom. The topological polar surface area (TPSA) is 74.7 Å². The molecule has 0 aromatic heterocycles. The molecule has 0 bridgehead atoms. The van der Waals surface area contributed by atoms with Crippen LogP contribution in [-0.4, -0.2) is 49.3 Å². The van der Waals surface area contributed by atoms with E-state index in [9.17, 15) is 22.7 Å². The van der Waals surface area contributed by atoms with Crippen LogP contribution >= 0.6 is 0 Å². The average molecular weight is 329 g/mol. The van der Waals surface area contributed by atoms with E-state index < -0.39 is 26.3 Å². The van der Waals surface area contributed by atoms with Crippen LogP contribution in [0.2, 0.25) is 0 Å². The molecule has 1 aliphatic heterocycles. The maximum absolute atomic E-state index is 12.9. The minimum atomic E-state index is -3.60. The predicted octanol–water partition coefficient (Wildman–Crippen LogP) is 1.22. The highest BCUT2D eigenvalue weighted by molar-refractivity contribution is 7.92. The van der Waals surface area contributed by atoms with Gasteiger partial charge in [-0.1, -0.05) is 0 Å². The average Bonchev–Trinajstić information content (AvgIpc) is 2.97. The number of hydrogen-bond acceptors (Lipinski definition) is 4. The highest BCUT2D eigenvalue weighted by Gasteiger charge is 2.40. The molecule has 1 heterocycles. The Morgan fingerprint density at radius 3 is 2.50 bits per heavy atom. The van der Waals surface area contributed by atoms with Crippen molar-refractivity contribution in [1.82, 2.24) is 4.90 Å². The van der Waals surface area contributed by atoms with Crippen LogP contribution in [0.25, 0.3) is 0 Å². The second-order valence-corrected chi connectivity index (χ2v) is 8.43. The van der Waals surface area contributed by atoms with Crippen molar-refractivity contribution in [1.29, 1.82) is 0 Å². The maximum Gasteiger partial charge on any atom is 0.230 e. The number of sulfone groups is 1. The molecule has 0 spiro atoms. The third kappa shape index (κ3) is 3.15. The van der Waals surface area contributed by atoms with Crippen molar-refractivity contribution in [2.24, 2.45) is 5.41 Å². The van der Waals surface area contributed by atoms with E-state index in [1.54, 1.807) is 13.8 Å². The molecule has 1 aliphatic rings. The molecule has 0 radical (unpaired) electrons. The Balaban J connectivity index is 2.16. The molecule has 1 aromatic carbocycles. The van der Waals surface area contributed by atoms with E-state index in [1.807, 2.05) is 0 Å². The summed E-state index contributed by atoms with van der Waals surface area (Å²) in [4.78, 5) is 13.8. The fraction of sp³-hybridized carbons (Fsp3) is 0.533. The number of hydrogen-bond donors (Lipinski definition) is 1. The van der Waals surface area contributed by atoms with Crippen LogP contribution in [0.5, 0.6) is 0 Å². The third-order valence-electron chi connectivity index (χ3n) is 3.99. The van der Waals surface area contributed by atoms with Crippen LogP contribution in [0.3, 0.4) is 0 Å². The van der Waals surface area contributed by atoms with Crippen LogP contribution in [0.4, 0.5) is 4.39 Å². The van der Waals surface area contributed by atoms with E-state index in [2.05, 4.69) is 0 Å². The first-order valence-electron chi connectivity index (χ1n) is 7.08. The number of likely N-dealkylation sites (tertiary alicyclic amines) is 1. The fourth-order valence-corrected chi connectivity index (χ4v) is 4.17. The monoisotopic (exact) mass is 329 g/mol. The molecular formula is C15H20FNO4S. The van der Waals surface area contributed by atoms with Crippen molar-refractivity contribution in [3.8, 4) is 0 Å². The summed E-state index contributed by atoms with van der Waals surface area (Å²) in [7, 11) is -3.60. The summed E-state index contributed by atoms with van der Waals surface area (Å²) >= 11 is 0. The highest BCUT2D eigenvalue weighted by Crippen LogP contribution is 2.27. The van der Waals surface area contributed by atoms with Gasteiger partial charge < -0.3 is 10.0 Å². The van der Waals surface area contributed by atoms with Gasteiger partial charge in [0.2, 0.25) is 5.91 Å². The van der Waals surface area contributed by atoms with Gasteiger partial charge in [-0.2, -0.15) is 0 Å². The van der Waals surface area contributed by atoms with Crippen molar-refractivity contribution in [3.63, 3.8) is 0 Å². The third-order valence-corrected chi connectivity index (χ3v) is 6.18. The first kappa shape index (κ1) is 16.9. The molecule has 0 aliphatic carbocycles. The van der Waals surface area contributed by atoms with Crippen molar-refractivity contribution in [2.75, 3.05) is 19.7 Å². The van der Waals surface area contributed by atoms with Crippen molar-refractivity contribution in [2.45, 2.75) is 30.4 Å². The molecule has 7 heteroatoms. The standard InChI is InChI=1S/C15H20FNO4S/c1-15(2,10-18)14(19)17-8-7-13(9-17)22(20,21)12-5-3-11(16)4-6-12/h3-6,13,18H,7-10H2,1-2H3. The van der Waals surface area contributed by atoms with E-state index in [0.29, 0.717) is 13.0 Å². The second-order valence-electron chi connectivity index (χ2n) is 6.20. The van der Waals surface area contributed by atoms with E-state index in [-0.39, 0.29) is 24.0 Å². The van der Waals surface area contributed by atoms with Gasteiger partial charge in [-0.25, -0.2) is 12.8 Å². The summed E-state index contributed by atoms with van der Waals surface area (Å²) in [5.74, 6) is -0.751. The Morgan fingerprint density at radius 2 is 1.95 bits per heavy atom. The highest BCUT2D eigenvalue weighted by atomic mass is 32.2. The number of amides is 1. The Labute approximate surface area is 129 Å². The van der Waals surface area contributed by atoms with E-state index >= 15 is 0 Å². The van der Waals surface area contributed by atoms with Gasteiger partial charge in [0.1, 0.15) is 5.82 Å². The van der Waals surface area contributed by atoms with E-state index in [4.69, 9.17) is 0 Å². The van der Waals surface area contributed by atoms with Crippen molar-refractivity contribution < 1.29 is 22.7 Å². The summed E-state index contributed by atoms with van der Waals surface area (Å²) in [6.45, 7) is 3.39. The van der Waals surface area contributed by atoms with Crippen molar-refractivity contribution in [3.05, 3.63) is 30.1 Å². The lowest BCUT2D eigenvalue weighted by molar-refractivity contribution is -0.141. The number of rotatable bonds is 4. The lowest BCUT2D eigenvalue weighted by Crippen LogP contribution is -2.42. The van der Waals surface area contributed by atoms with E-state index in [1.165, 1.54) is 17.0 Å². The number of nitrogens with zero attached hydrogens (tertiary/aromatic N) is 1. The predicted molar refractivity (Wildman–Crippen MR) is 79.4 cm³/mol. The van der Waals surface area contributed by atoms with Gasteiger partial charge in [0.15, 0.2) is 9.84 Å². The molecule has 1 saturated heterocycles. The van der Waals surface area contributed by atoms with Gasteiger partial charge in [0, 0.05) is 13.1 Å². The normalized spacial score (nSPS) is 19.5. The maximum atomic E-state index is 12.9. The molecule has 1 N–H and O–H groups in total. The van der Waals surface area contributed by atoms with Crippen LogP contribution in [0, 0.1) is 11.2 Å². The molecule has 5 nitrogen and oxygen atoms in total. The molecule has 0 saturated carbocycles. The quantitative estimate of drug-likeness (QED) is 0.843. The van der Waals surface area contributed by atoms with E-state index in [0.717, 1.165) is 12.1 Å². The minimum Gasteiger partial charge on any atom is -0.395 e. The Bertz CT molecular complexity index is 655. The minimum absolute atomic E-state index is 0.0645. The molecular weight excluding hydrogens is 309 g/mol. The SMILES string of the molecule is CC(C)(CO)C(=O)N1CCC(S(=O)(=O)c2ccc(F)cc2)C1. The summed E-state index contributed by atoms with van der Waals surface area (Å²) in [5.41, 5.74) is -0.922. The Kier molecular flexibility index (Phi) is 4.58. The van der Waals surface area contributed by atoms with Gasteiger partial charge in [0.25, 0.3) is 0 Å². The van der Waals surface area contributed by atoms with Gasteiger partial charge in [-0.05, 0) is 44.5 Å². The number of halogens is 1. The van der Waals surface area contributed by atoms with Gasteiger partial charge in [0.05, 0.1) is 22.2 Å². The first-order chi connectivity index (χ1) is 10.2. The lowest BCUT2D eigenvalue weighted by atomic mass is 9.93. The largest absolute Gasteiger partial charge is 0.395 e. The Hall–Kier alpha value is -1.47. The number of benzene rings is 1. The zero-order valence-electron chi connectivity index (χ0n) is 12.6. The fourth-order valence-electron chi connectivity index (χ4n) is 2.48. The zero-order chi connectivity index (χ0) is 16.5. The number of aliphatic hydroxyl groups is 1. The molecule has 22 heavy (non-hydrogen) atoms. The van der Waals surface area contributed by atoms with Gasteiger partial charge in [-0.3, -0.25) is 4.79 Å². The second kappa shape index (κ2) is 5.96. The molecule has 1 amide bonds. The number of carbonyl (C=O) groups is 1. The molecule has 1 fully saturated rings. The summed E-state index contributed by atoms with van der Waals surface area (Å²) < 4.78 is 38.0. The summed E-state index contributed by atoms with van der Waals surface area (Å²) in [5, 5.41) is 8.56. The van der Waals surface area contributed by atoms with Crippen LogP contribution in [-0.2, 0) is 14.6 Å². The summed E-state index contributed by atoms with van der Waals surface area (Å²) in [6, 6.07) is 4.71. The van der Waals surface area contributed by atoms with Crippen LogP contribution < -0.4 is 0 Å². The van der Waals surface area contributed by atoms with Crippen LogP contribution in [0.15, 0.2) is 29.2 Å². The van der Waals surface area contributed by atoms with Crippen LogP contribution in [0.1, 0.15) is 20.3 Å². The molecule has 2 rings (SSSR count). The lowest BCUT2D eigenvalue weighted by Gasteiger charge is -2.27. The first-order valence-corrected chi connectivity index (χ1v) is 8.63. The molecule has 122 valence electrons. The smallest absolute Gasteiger partial charge is 0.230 e. The summed E-state index contributed by atoms with van der Waals surface area (Å²) in [6.07, 6.45) is 0.340.